The molecule has 2 rings (SSSR count). The number of primary amides is 1. The quantitative estimate of drug-likeness (QED) is 0.834. The second-order valence-corrected chi connectivity index (χ2v) is 6.57. The third-order valence-corrected chi connectivity index (χ3v) is 4.70. The first kappa shape index (κ1) is 15.9. The summed E-state index contributed by atoms with van der Waals surface area (Å²) < 4.78 is 11.0. The Morgan fingerprint density at radius 3 is 2.81 bits per heavy atom. The van der Waals surface area contributed by atoms with Crippen LogP contribution < -0.4 is 21.1 Å². The van der Waals surface area contributed by atoms with Crippen LogP contribution in [0.25, 0.3) is 0 Å². The number of carbonyl (C=O) groups excluding carboxylic acids is 1. The Morgan fingerprint density at radius 2 is 2.24 bits per heavy atom. The molecule has 21 heavy (non-hydrogen) atoms. The molecule has 1 aliphatic rings. The van der Waals surface area contributed by atoms with Crippen LogP contribution in [-0.2, 0) is 4.74 Å². The molecule has 2 heterocycles. The van der Waals surface area contributed by atoms with Crippen LogP contribution in [0.4, 0.5) is 10.7 Å². The molecule has 1 amide bonds. The van der Waals surface area contributed by atoms with Crippen molar-refractivity contribution in [3.63, 3.8) is 0 Å². The van der Waals surface area contributed by atoms with E-state index in [-0.39, 0.29) is 6.10 Å². The van der Waals surface area contributed by atoms with Crippen LogP contribution in [0, 0.1) is 5.92 Å². The van der Waals surface area contributed by atoms with E-state index in [1.54, 1.807) is 7.11 Å². The number of rotatable bonds is 6. The molecule has 118 valence electrons. The third-order valence-electron chi connectivity index (χ3n) is 3.44. The zero-order valence-corrected chi connectivity index (χ0v) is 13.5. The number of nitrogen functional groups attached to an aromatic ring is 1. The first-order chi connectivity index (χ1) is 9.93. The molecule has 1 atom stereocenters. The van der Waals surface area contributed by atoms with Gasteiger partial charge in [0.05, 0.1) is 12.7 Å². The number of ether oxygens (including phenoxy) is 2. The van der Waals surface area contributed by atoms with Gasteiger partial charge in [0, 0.05) is 26.1 Å². The fraction of sp³-hybridized carbons (Fsp3) is 0.643. The summed E-state index contributed by atoms with van der Waals surface area (Å²) in [6.07, 6.45) is 1.04. The molecule has 7 heteroatoms. The van der Waals surface area contributed by atoms with Gasteiger partial charge in [-0.15, -0.1) is 11.3 Å². The zero-order chi connectivity index (χ0) is 15.6. The van der Waals surface area contributed by atoms with Gasteiger partial charge in [0.25, 0.3) is 5.91 Å². The normalized spacial score (nSPS) is 18.5. The second kappa shape index (κ2) is 6.53. The van der Waals surface area contributed by atoms with Crippen LogP contribution in [0.15, 0.2) is 0 Å². The van der Waals surface area contributed by atoms with Crippen LogP contribution in [0.3, 0.4) is 0 Å². The second-order valence-electron chi connectivity index (χ2n) is 5.57. The molecule has 4 N–H and O–H groups in total. The highest BCUT2D eigenvalue weighted by atomic mass is 32.1. The van der Waals surface area contributed by atoms with Gasteiger partial charge >= 0.3 is 0 Å². The number of hydrogen-bond acceptors (Lipinski definition) is 6. The minimum absolute atomic E-state index is 0.0150. The molecule has 1 aromatic heterocycles. The van der Waals surface area contributed by atoms with E-state index in [2.05, 4.69) is 4.90 Å². The molecule has 1 unspecified atom stereocenters. The highest BCUT2D eigenvalue weighted by molar-refractivity contribution is 7.19. The summed E-state index contributed by atoms with van der Waals surface area (Å²) in [5.74, 6) is 0.564. The van der Waals surface area contributed by atoms with E-state index in [0.29, 0.717) is 22.2 Å². The van der Waals surface area contributed by atoms with Gasteiger partial charge in [-0.25, -0.2) is 0 Å². The SMILES string of the molecule is COCC1CCN(c2sc(C(N)=O)c(N)c2OC(C)C)C1. The summed E-state index contributed by atoms with van der Waals surface area (Å²) in [5, 5.41) is 0.897. The maximum Gasteiger partial charge on any atom is 0.261 e. The monoisotopic (exact) mass is 313 g/mol. The summed E-state index contributed by atoms with van der Waals surface area (Å²) in [5.41, 5.74) is 11.8. The smallest absolute Gasteiger partial charge is 0.261 e. The summed E-state index contributed by atoms with van der Waals surface area (Å²) in [4.78, 5) is 14.1. The number of thiophene rings is 1. The Labute approximate surface area is 129 Å². The highest BCUT2D eigenvalue weighted by Gasteiger charge is 2.30. The van der Waals surface area contributed by atoms with Crippen molar-refractivity contribution in [2.45, 2.75) is 26.4 Å². The summed E-state index contributed by atoms with van der Waals surface area (Å²) >= 11 is 1.31. The fourth-order valence-corrected chi connectivity index (χ4v) is 3.59. The average molecular weight is 313 g/mol. The maximum absolute atomic E-state index is 11.5. The Bertz CT molecular complexity index is 516. The number of hydrogen-bond donors (Lipinski definition) is 2. The number of methoxy groups -OCH3 is 1. The van der Waals surface area contributed by atoms with Crippen molar-refractivity contribution in [3.8, 4) is 5.75 Å². The van der Waals surface area contributed by atoms with Gasteiger partial charge in [-0.05, 0) is 20.3 Å². The lowest BCUT2D eigenvalue weighted by Gasteiger charge is -2.20. The van der Waals surface area contributed by atoms with E-state index in [1.165, 1.54) is 11.3 Å². The van der Waals surface area contributed by atoms with Gasteiger partial charge in [0.1, 0.15) is 15.6 Å². The van der Waals surface area contributed by atoms with Crippen molar-refractivity contribution < 1.29 is 14.3 Å². The standard InChI is InChI=1S/C14H23N3O3S/c1-8(2)20-11-10(15)12(13(16)18)21-14(11)17-5-4-9(6-17)7-19-3/h8-9H,4-7,15H2,1-3H3,(H2,16,18). The Kier molecular flexibility index (Phi) is 4.95. The number of anilines is 2. The summed E-state index contributed by atoms with van der Waals surface area (Å²) in [6.45, 7) is 6.38. The average Bonchev–Trinajstić information content (AvgIpc) is 2.96. The van der Waals surface area contributed by atoms with Gasteiger partial charge in [-0.2, -0.15) is 0 Å². The van der Waals surface area contributed by atoms with Crippen LogP contribution in [0.2, 0.25) is 0 Å². The van der Waals surface area contributed by atoms with E-state index in [1.807, 2.05) is 13.8 Å². The van der Waals surface area contributed by atoms with Gasteiger partial charge < -0.3 is 25.8 Å². The predicted octanol–water partition coefficient (Wildman–Crippen LogP) is 1.69. The molecule has 1 saturated heterocycles. The van der Waals surface area contributed by atoms with Crippen molar-refractivity contribution in [3.05, 3.63) is 4.88 Å². The van der Waals surface area contributed by atoms with E-state index in [9.17, 15) is 4.79 Å². The Morgan fingerprint density at radius 1 is 1.52 bits per heavy atom. The van der Waals surface area contributed by atoms with E-state index in [0.717, 1.165) is 31.1 Å². The fourth-order valence-electron chi connectivity index (χ4n) is 2.55. The van der Waals surface area contributed by atoms with Gasteiger partial charge in [-0.1, -0.05) is 0 Å². The molecule has 1 aromatic rings. The molecular formula is C14H23N3O3S. The first-order valence-corrected chi connectivity index (χ1v) is 7.88. The minimum atomic E-state index is -0.509. The van der Waals surface area contributed by atoms with Crippen molar-refractivity contribution >= 4 is 27.9 Å². The molecule has 0 aliphatic carbocycles. The number of nitrogens with zero attached hydrogens (tertiary/aromatic N) is 1. The largest absolute Gasteiger partial charge is 0.486 e. The number of amides is 1. The van der Waals surface area contributed by atoms with Crippen LogP contribution >= 0.6 is 11.3 Å². The molecule has 1 aliphatic heterocycles. The molecule has 0 saturated carbocycles. The Balaban J connectivity index is 2.29. The summed E-state index contributed by atoms with van der Waals surface area (Å²) in [7, 11) is 1.71. The molecule has 0 radical (unpaired) electrons. The first-order valence-electron chi connectivity index (χ1n) is 7.06. The lowest BCUT2D eigenvalue weighted by Crippen LogP contribution is -2.21. The van der Waals surface area contributed by atoms with Gasteiger partial charge in [0.2, 0.25) is 0 Å². The van der Waals surface area contributed by atoms with Crippen LogP contribution in [0.5, 0.6) is 5.75 Å². The lowest BCUT2D eigenvalue weighted by atomic mass is 10.1. The molecule has 0 aromatic carbocycles. The lowest BCUT2D eigenvalue weighted by molar-refractivity contribution is 0.100. The molecule has 0 spiro atoms. The van der Waals surface area contributed by atoms with Gasteiger partial charge in [0.15, 0.2) is 5.75 Å². The molecule has 1 fully saturated rings. The van der Waals surface area contributed by atoms with Crippen molar-refractivity contribution in [2.75, 3.05) is 37.4 Å². The molecule has 6 nitrogen and oxygen atoms in total. The predicted molar refractivity (Wildman–Crippen MR) is 85.2 cm³/mol. The third kappa shape index (κ3) is 3.41. The van der Waals surface area contributed by atoms with Crippen molar-refractivity contribution in [1.29, 1.82) is 0 Å². The highest BCUT2D eigenvalue weighted by Crippen LogP contribution is 2.46. The van der Waals surface area contributed by atoms with Crippen molar-refractivity contribution in [2.24, 2.45) is 11.7 Å². The maximum atomic E-state index is 11.5. The van der Waals surface area contributed by atoms with Gasteiger partial charge in [-0.3, -0.25) is 4.79 Å². The number of nitrogens with two attached hydrogens (primary N) is 2. The minimum Gasteiger partial charge on any atom is -0.486 e. The molecule has 0 bridgehead atoms. The number of carbonyl (C=O) groups is 1. The Hall–Kier alpha value is -1.47. The van der Waals surface area contributed by atoms with E-state index < -0.39 is 5.91 Å². The topological polar surface area (TPSA) is 90.8 Å². The van der Waals surface area contributed by atoms with Crippen LogP contribution in [0.1, 0.15) is 29.9 Å². The zero-order valence-electron chi connectivity index (χ0n) is 12.7. The van der Waals surface area contributed by atoms with Crippen molar-refractivity contribution in [1.82, 2.24) is 0 Å². The van der Waals surface area contributed by atoms with Crippen LogP contribution in [-0.4, -0.2) is 38.8 Å². The summed E-state index contributed by atoms with van der Waals surface area (Å²) in [6, 6.07) is 0. The molecular weight excluding hydrogens is 290 g/mol. The van der Waals surface area contributed by atoms with E-state index >= 15 is 0 Å². The van der Waals surface area contributed by atoms with E-state index in [4.69, 9.17) is 20.9 Å².